The van der Waals surface area contributed by atoms with E-state index in [0.717, 1.165) is 5.56 Å². The van der Waals surface area contributed by atoms with Gasteiger partial charge in [-0.15, -0.1) is 5.10 Å². The van der Waals surface area contributed by atoms with Crippen LogP contribution in [0, 0.1) is 6.92 Å². The highest BCUT2D eigenvalue weighted by atomic mass is 35.5. The molecule has 0 aliphatic rings. The summed E-state index contributed by atoms with van der Waals surface area (Å²) in [5, 5.41) is 7.75. The molecule has 4 aromatic rings. The molecule has 4 rings (SSSR count). The van der Waals surface area contributed by atoms with Gasteiger partial charge in [0.25, 0.3) is 15.9 Å². The molecule has 3 aromatic carbocycles. The smallest absolute Gasteiger partial charge is 0.276 e. The summed E-state index contributed by atoms with van der Waals surface area (Å²) in [6.07, 6.45) is 0. The monoisotopic (exact) mass is 467 g/mol. The number of amides is 1. The first-order valence-electron chi connectivity index (χ1n) is 9.54. The Bertz CT molecular complexity index is 1460. The normalized spacial score (nSPS) is 12.0. The van der Waals surface area contributed by atoms with Crippen LogP contribution < -0.4 is 15.7 Å². The number of rotatable bonds is 5. The molecular formula is C23H18ClN3O4S. The van der Waals surface area contributed by atoms with Gasteiger partial charge >= 0.3 is 0 Å². The Hall–Kier alpha value is -3.62. The number of hydrogen-bond donors (Lipinski definition) is 2. The summed E-state index contributed by atoms with van der Waals surface area (Å²) in [5.74, 6) is -0.493. The molecule has 1 amide bonds. The summed E-state index contributed by atoms with van der Waals surface area (Å²) in [7, 11) is -4.00. The minimum absolute atomic E-state index is 0.0305. The summed E-state index contributed by atoms with van der Waals surface area (Å²) >= 11 is 5.82. The van der Waals surface area contributed by atoms with E-state index in [-0.39, 0.29) is 16.0 Å². The Labute approximate surface area is 189 Å². The van der Waals surface area contributed by atoms with E-state index in [1.165, 1.54) is 24.3 Å². The van der Waals surface area contributed by atoms with Crippen LogP contribution in [0.4, 0.5) is 5.69 Å². The fourth-order valence-corrected chi connectivity index (χ4v) is 3.85. The number of carbonyl (C=O) groups is 1. The van der Waals surface area contributed by atoms with E-state index in [4.69, 9.17) is 16.0 Å². The van der Waals surface area contributed by atoms with Gasteiger partial charge in [0, 0.05) is 16.1 Å². The van der Waals surface area contributed by atoms with Gasteiger partial charge in [-0.2, -0.15) is 13.2 Å². The third kappa shape index (κ3) is 4.82. The molecule has 0 aliphatic heterocycles. The number of nitrogens with one attached hydrogen (secondary N) is 2. The van der Waals surface area contributed by atoms with Gasteiger partial charge in [0.2, 0.25) is 5.55 Å². The van der Waals surface area contributed by atoms with Crippen LogP contribution in [0.3, 0.4) is 0 Å². The van der Waals surface area contributed by atoms with E-state index in [1.807, 2.05) is 19.1 Å². The molecule has 1 heterocycles. The number of sulfonamides is 1. The van der Waals surface area contributed by atoms with Crippen LogP contribution >= 0.6 is 11.6 Å². The zero-order valence-electron chi connectivity index (χ0n) is 16.9. The minimum atomic E-state index is -4.00. The highest BCUT2D eigenvalue weighted by Gasteiger charge is 2.16. The molecule has 32 heavy (non-hydrogen) atoms. The summed E-state index contributed by atoms with van der Waals surface area (Å²) in [5.41, 5.74) is 1.98. The lowest BCUT2D eigenvalue weighted by Crippen LogP contribution is -2.27. The van der Waals surface area contributed by atoms with Crippen LogP contribution in [-0.2, 0) is 10.0 Å². The Morgan fingerprint density at radius 2 is 1.66 bits per heavy atom. The predicted octanol–water partition coefficient (Wildman–Crippen LogP) is 4.44. The van der Waals surface area contributed by atoms with Gasteiger partial charge in [-0.05, 0) is 55.5 Å². The fraction of sp³-hybridized carbons (Fsp3) is 0.0435. The molecule has 0 saturated heterocycles. The molecule has 0 aliphatic carbocycles. The average Bonchev–Trinajstić information content (AvgIpc) is 2.79. The van der Waals surface area contributed by atoms with Gasteiger partial charge < -0.3 is 9.73 Å². The lowest BCUT2D eigenvalue weighted by molar-refractivity contribution is 0.102. The maximum atomic E-state index is 13.0. The third-order valence-electron chi connectivity index (χ3n) is 4.60. The molecule has 0 radical (unpaired) electrons. The number of nitrogens with zero attached hydrogens (tertiary/aromatic N) is 1. The molecule has 0 spiro atoms. The van der Waals surface area contributed by atoms with Gasteiger partial charge in [-0.3, -0.25) is 4.79 Å². The molecule has 0 bridgehead atoms. The Balaban J connectivity index is 1.74. The number of hydrogen-bond acceptors (Lipinski definition) is 5. The molecule has 0 saturated carbocycles. The van der Waals surface area contributed by atoms with Crippen molar-refractivity contribution in [2.75, 3.05) is 5.32 Å². The molecule has 0 atom stereocenters. The average molecular weight is 468 g/mol. The van der Waals surface area contributed by atoms with E-state index in [0.29, 0.717) is 21.7 Å². The highest BCUT2D eigenvalue weighted by molar-refractivity contribution is 7.89. The largest absolute Gasteiger partial charge is 0.436 e. The van der Waals surface area contributed by atoms with Gasteiger partial charge in [-0.1, -0.05) is 47.5 Å². The summed E-state index contributed by atoms with van der Waals surface area (Å²) in [4.78, 5) is 15.1. The number of para-hydroxylation sites is 1. The van der Waals surface area contributed by atoms with Gasteiger partial charge in [-0.25, -0.2) is 0 Å². The van der Waals surface area contributed by atoms with Crippen molar-refractivity contribution in [3.8, 4) is 0 Å². The van der Waals surface area contributed by atoms with Crippen molar-refractivity contribution in [1.82, 2.24) is 4.83 Å². The topological polar surface area (TPSA) is 101 Å². The number of fused-ring (bicyclic) bond motifs is 1. The van der Waals surface area contributed by atoms with Gasteiger partial charge in [0.1, 0.15) is 11.1 Å². The van der Waals surface area contributed by atoms with Crippen LogP contribution in [0.25, 0.3) is 11.0 Å². The van der Waals surface area contributed by atoms with Crippen LogP contribution in [0.1, 0.15) is 15.9 Å². The molecule has 9 heteroatoms. The van der Waals surface area contributed by atoms with E-state index in [2.05, 4.69) is 15.2 Å². The number of benzene rings is 3. The maximum absolute atomic E-state index is 13.0. The molecule has 0 unspecified atom stereocenters. The van der Waals surface area contributed by atoms with Crippen LogP contribution in [0.15, 0.2) is 93.3 Å². The third-order valence-corrected chi connectivity index (χ3v) is 6.08. The quantitative estimate of drug-likeness (QED) is 0.423. The second-order valence-corrected chi connectivity index (χ2v) is 9.08. The lowest BCUT2D eigenvalue weighted by Gasteiger charge is -2.08. The minimum Gasteiger partial charge on any atom is -0.436 e. The molecule has 162 valence electrons. The number of halogens is 1. The molecular weight excluding hydrogens is 450 g/mol. The SMILES string of the molecule is Cc1ccc(NC(=O)c2cc3ccccc3o/c2=N/NS(=O)(=O)c2ccc(Cl)cc2)cc1. The van der Waals surface area contributed by atoms with Gasteiger partial charge in [0.05, 0.1) is 4.90 Å². The number of carbonyl (C=O) groups excluding carboxylic acids is 1. The standard InChI is InChI=1S/C23H18ClN3O4S/c1-15-6-10-18(11-7-15)25-22(28)20-14-16-4-2-3-5-21(16)31-23(20)26-27-32(29,30)19-12-8-17(24)9-13-19/h2-14,27H,1H3,(H,25,28)/b26-23+. The van der Waals surface area contributed by atoms with Crippen molar-refractivity contribution in [1.29, 1.82) is 0 Å². The highest BCUT2D eigenvalue weighted by Crippen LogP contribution is 2.16. The van der Waals surface area contributed by atoms with E-state index in [9.17, 15) is 13.2 Å². The van der Waals surface area contributed by atoms with Crippen LogP contribution in [0.5, 0.6) is 0 Å². The second kappa shape index (κ2) is 8.86. The molecule has 1 aromatic heterocycles. The first-order valence-corrected chi connectivity index (χ1v) is 11.4. The van der Waals surface area contributed by atoms with E-state index >= 15 is 0 Å². The lowest BCUT2D eigenvalue weighted by atomic mass is 10.1. The van der Waals surface area contributed by atoms with Crippen LogP contribution in [-0.4, -0.2) is 14.3 Å². The Morgan fingerprint density at radius 1 is 0.969 bits per heavy atom. The van der Waals surface area contributed by atoms with Crippen molar-refractivity contribution >= 4 is 44.2 Å². The van der Waals surface area contributed by atoms with Crippen molar-refractivity contribution in [2.24, 2.45) is 5.10 Å². The van der Waals surface area contributed by atoms with Crippen molar-refractivity contribution < 1.29 is 17.6 Å². The maximum Gasteiger partial charge on any atom is 0.276 e. The zero-order valence-corrected chi connectivity index (χ0v) is 18.4. The number of aryl methyl sites for hydroxylation is 1. The molecule has 7 nitrogen and oxygen atoms in total. The summed E-state index contributed by atoms with van der Waals surface area (Å²) in [6.45, 7) is 1.94. The van der Waals surface area contributed by atoms with Crippen molar-refractivity contribution in [3.63, 3.8) is 0 Å². The van der Waals surface area contributed by atoms with E-state index < -0.39 is 15.9 Å². The number of anilines is 1. The summed E-state index contributed by atoms with van der Waals surface area (Å²) in [6, 6.07) is 21.5. The van der Waals surface area contributed by atoms with Crippen LogP contribution in [0.2, 0.25) is 5.02 Å². The Morgan fingerprint density at radius 3 is 2.38 bits per heavy atom. The van der Waals surface area contributed by atoms with Gasteiger partial charge in [0.15, 0.2) is 0 Å². The predicted molar refractivity (Wildman–Crippen MR) is 123 cm³/mol. The Kier molecular flexibility index (Phi) is 5.98. The summed E-state index contributed by atoms with van der Waals surface area (Å²) < 4.78 is 30.9. The van der Waals surface area contributed by atoms with Crippen molar-refractivity contribution in [3.05, 3.63) is 101 Å². The fourth-order valence-electron chi connectivity index (χ4n) is 2.92. The first kappa shape index (κ1) is 21.6. The first-order chi connectivity index (χ1) is 15.3. The van der Waals surface area contributed by atoms with Crippen molar-refractivity contribution in [2.45, 2.75) is 11.8 Å². The second-order valence-electron chi connectivity index (χ2n) is 6.98. The van der Waals surface area contributed by atoms with E-state index in [1.54, 1.807) is 42.5 Å². The molecule has 2 N–H and O–H groups in total. The zero-order chi connectivity index (χ0) is 22.7. The molecule has 0 fully saturated rings.